The number of carbonyl (C=O) groups is 2. The SMILES string of the molecule is CCCCCCCCN(C(=O)COC)c1ccc([N+](=O)[O-])cc1C(=O)OCC. The summed E-state index contributed by atoms with van der Waals surface area (Å²) in [5, 5.41) is 11.1. The van der Waals surface area contributed by atoms with Crippen molar-refractivity contribution in [3.63, 3.8) is 0 Å². The molecule has 0 radical (unpaired) electrons. The molecule has 0 aliphatic rings. The van der Waals surface area contributed by atoms with Crippen molar-refractivity contribution < 1.29 is 24.0 Å². The molecule has 0 saturated carbocycles. The molecule has 1 aromatic rings. The molecule has 0 fully saturated rings. The summed E-state index contributed by atoms with van der Waals surface area (Å²) in [5.41, 5.74) is 0.0802. The van der Waals surface area contributed by atoms with Crippen LogP contribution in [0.4, 0.5) is 11.4 Å². The van der Waals surface area contributed by atoms with Gasteiger partial charge in [-0.05, 0) is 19.4 Å². The van der Waals surface area contributed by atoms with Crippen LogP contribution in [0.15, 0.2) is 18.2 Å². The van der Waals surface area contributed by atoms with Gasteiger partial charge in [-0.15, -0.1) is 0 Å². The molecule has 0 bridgehead atoms. The van der Waals surface area contributed by atoms with Crippen LogP contribution < -0.4 is 4.90 Å². The molecule has 0 N–H and O–H groups in total. The number of carbonyl (C=O) groups excluding carboxylic acids is 2. The third-order valence-electron chi connectivity index (χ3n) is 4.28. The fourth-order valence-electron chi connectivity index (χ4n) is 2.88. The lowest BCUT2D eigenvalue weighted by Gasteiger charge is -2.24. The van der Waals surface area contributed by atoms with E-state index in [1.54, 1.807) is 6.92 Å². The monoisotopic (exact) mass is 394 g/mol. The van der Waals surface area contributed by atoms with Gasteiger partial charge in [0.15, 0.2) is 0 Å². The zero-order valence-corrected chi connectivity index (χ0v) is 16.9. The van der Waals surface area contributed by atoms with E-state index in [0.717, 1.165) is 38.2 Å². The predicted molar refractivity (Wildman–Crippen MR) is 107 cm³/mol. The molecule has 1 amide bonds. The van der Waals surface area contributed by atoms with Gasteiger partial charge in [0.25, 0.3) is 11.6 Å². The first-order valence-electron chi connectivity index (χ1n) is 9.71. The number of esters is 1. The zero-order valence-electron chi connectivity index (χ0n) is 16.9. The molecule has 8 heteroatoms. The third-order valence-corrected chi connectivity index (χ3v) is 4.28. The molecule has 0 aromatic heterocycles. The number of hydrogen-bond acceptors (Lipinski definition) is 6. The maximum Gasteiger partial charge on any atom is 0.340 e. The van der Waals surface area contributed by atoms with E-state index in [1.807, 2.05) is 0 Å². The highest BCUT2D eigenvalue weighted by atomic mass is 16.6. The Hall–Kier alpha value is -2.48. The highest BCUT2D eigenvalue weighted by Gasteiger charge is 2.25. The number of benzene rings is 1. The van der Waals surface area contributed by atoms with Gasteiger partial charge in [0, 0.05) is 25.8 Å². The van der Waals surface area contributed by atoms with Crippen LogP contribution in [0.3, 0.4) is 0 Å². The van der Waals surface area contributed by atoms with E-state index in [2.05, 4.69) is 6.92 Å². The molecule has 0 heterocycles. The first-order valence-corrected chi connectivity index (χ1v) is 9.71. The number of rotatable bonds is 13. The number of methoxy groups -OCH3 is 1. The molecule has 0 aliphatic carbocycles. The average molecular weight is 394 g/mol. The van der Waals surface area contributed by atoms with Crippen LogP contribution in [0.25, 0.3) is 0 Å². The summed E-state index contributed by atoms with van der Waals surface area (Å²) < 4.78 is 9.99. The summed E-state index contributed by atoms with van der Waals surface area (Å²) in [5.74, 6) is -1.00. The van der Waals surface area contributed by atoms with Crippen molar-refractivity contribution in [3.05, 3.63) is 33.9 Å². The van der Waals surface area contributed by atoms with E-state index in [9.17, 15) is 19.7 Å². The minimum Gasteiger partial charge on any atom is -0.462 e. The number of nitro benzene ring substituents is 1. The summed E-state index contributed by atoms with van der Waals surface area (Å²) >= 11 is 0. The molecule has 8 nitrogen and oxygen atoms in total. The Kier molecular flexibility index (Phi) is 10.8. The summed E-state index contributed by atoms with van der Waals surface area (Å²) in [6.45, 7) is 4.19. The van der Waals surface area contributed by atoms with Crippen LogP contribution >= 0.6 is 0 Å². The van der Waals surface area contributed by atoms with Crippen molar-refractivity contribution in [2.24, 2.45) is 0 Å². The van der Waals surface area contributed by atoms with Crippen LogP contribution in [0.1, 0.15) is 62.7 Å². The highest BCUT2D eigenvalue weighted by molar-refractivity contribution is 6.03. The summed E-state index contributed by atoms with van der Waals surface area (Å²) in [4.78, 5) is 36.9. The maximum absolute atomic E-state index is 12.6. The molecule has 0 atom stereocenters. The number of nitrogens with zero attached hydrogens (tertiary/aromatic N) is 2. The molecule has 1 rings (SSSR count). The molecule has 0 saturated heterocycles. The van der Waals surface area contributed by atoms with E-state index >= 15 is 0 Å². The summed E-state index contributed by atoms with van der Waals surface area (Å²) in [7, 11) is 1.42. The van der Waals surface area contributed by atoms with Crippen LogP contribution in [0, 0.1) is 10.1 Å². The second-order valence-electron chi connectivity index (χ2n) is 6.43. The number of amides is 1. The van der Waals surface area contributed by atoms with Gasteiger partial charge in [-0.2, -0.15) is 0 Å². The summed E-state index contributed by atoms with van der Waals surface area (Å²) in [6.07, 6.45) is 6.28. The third kappa shape index (κ3) is 7.26. The van der Waals surface area contributed by atoms with Gasteiger partial charge in [-0.1, -0.05) is 39.0 Å². The van der Waals surface area contributed by atoms with Crippen LogP contribution in [0.5, 0.6) is 0 Å². The molecule has 0 unspecified atom stereocenters. The number of unbranched alkanes of at least 4 members (excludes halogenated alkanes) is 5. The lowest BCUT2D eigenvalue weighted by molar-refractivity contribution is -0.384. The van der Waals surface area contributed by atoms with E-state index in [0.29, 0.717) is 12.2 Å². The first kappa shape index (κ1) is 23.6. The van der Waals surface area contributed by atoms with Gasteiger partial charge < -0.3 is 14.4 Å². The minimum atomic E-state index is -0.695. The smallest absolute Gasteiger partial charge is 0.340 e. The van der Waals surface area contributed by atoms with E-state index in [4.69, 9.17) is 9.47 Å². The molecular formula is C20H30N2O6. The second kappa shape index (κ2) is 12.8. The molecule has 0 spiro atoms. The van der Waals surface area contributed by atoms with Crippen molar-refractivity contribution in [1.82, 2.24) is 0 Å². The van der Waals surface area contributed by atoms with Crippen molar-refractivity contribution in [3.8, 4) is 0 Å². The largest absolute Gasteiger partial charge is 0.462 e. The molecule has 28 heavy (non-hydrogen) atoms. The number of anilines is 1. The molecular weight excluding hydrogens is 364 g/mol. The van der Waals surface area contributed by atoms with E-state index < -0.39 is 10.9 Å². The fourth-order valence-corrected chi connectivity index (χ4v) is 2.88. The normalized spacial score (nSPS) is 10.5. The molecule has 1 aromatic carbocycles. The van der Waals surface area contributed by atoms with Crippen molar-refractivity contribution in [1.29, 1.82) is 0 Å². The standard InChI is InChI=1S/C20H30N2O6/c1-4-6-7-8-9-10-13-21(19(23)15-27-3)18-12-11-16(22(25)26)14-17(18)20(24)28-5-2/h11-12,14H,4-10,13,15H2,1-3H3. The molecule has 0 aliphatic heterocycles. The maximum atomic E-state index is 12.6. The van der Waals surface area contributed by atoms with Gasteiger partial charge in [-0.25, -0.2) is 4.79 Å². The molecule has 156 valence electrons. The van der Waals surface area contributed by atoms with E-state index in [-0.39, 0.29) is 30.4 Å². The Morgan fingerprint density at radius 2 is 1.79 bits per heavy atom. The van der Waals surface area contributed by atoms with Gasteiger partial charge >= 0.3 is 5.97 Å². The fraction of sp³-hybridized carbons (Fsp3) is 0.600. The van der Waals surface area contributed by atoms with Gasteiger partial charge in [0.2, 0.25) is 0 Å². The van der Waals surface area contributed by atoms with Gasteiger partial charge in [0.1, 0.15) is 6.61 Å². The second-order valence-corrected chi connectivity index (χ2v) is 6.43. The number of nitro groups is 1. The van der Waals surface area contributed by atoms with Crippen molar-refractivity contribution in [2.45, 2.75) is 52.4 Å². The quantitative estimate of drug-likeness (QED) is 0.216. The topological polar surface area (TPSA) is 99.0 Å². The van der Waals surface area contributed by atoms with Crippen LogP contribution in [0.2, 0.25) is 0 Å². The predicted octanol–water partition coefficient (Wildman–Crippen LogP) is 4.11. The Balaban J connectivity index is 3.10. The lowest BCUT2D eigenvalue weighted by atomic mass is 10.1. The number of hydrogen-bond donors (Lipinski definition) is 0. The minimum absolute atomic E-state index is 0.00601. The van der Waals surface area contributed by atoms with Gasteiger partial charge in [-0.3, -0.25) is 14.9 Å². The Labute approximate surface area is 166 Å². The Bertz CT molecular complexity index is 662. The van der Waals surface area contributed by atoms with Gasteiger partial charge in [0.05, 0.1) is 22.8 Å². The number of ether oxygens (including phenoxy) is 2. The van der Waals surface area contributed by atoms with Crippen molar-refractivity contribution in [2.75, 3.05) is 31.8 Å². The van der Waals surface area contributed by atoms with Crippen LogP contribution in [-0.4, -0.2) is 43.7 Å². The first-order chi connectivity index (χ1) is 13.5. The average Bonchev–Trinajstić information content (AvgIpc) is 2.67. The van der Waals surface area contributed by atoms with Crippen LogP contribution in [-0.2, 0) is 14.3 Å². The Morgan fingerprint density at radius 3 is 2.39 bits per heavy atom. The van der Waals surface area contributed by atoms with Crippen molar-refractivity contribution >= 4 is 23.3 Å². The Morgan fingerprint density at radius 1 is 1.11 bits per heavy atom. The highest BCUT2D eigenvalue weighted by Crippen LogP contribution is 2.27. The van der Waals surface area contributed by atoms with E-state index in [1.165, 1.54) is 30.6 Å². The lowest BCUT2D eigenvalue weighted by Crippen LogP contribution is -2.36. The zero-order chi connectivity index (χ0) is 20.9. The number of non-ortho nitro benzene ring substituents is 1. The summed E-state index contributed by atoms with van der Waals surface area (Å²) in [6, 6.07) is 3.86.